The molecule has 0 fully saturated rings. The smallest absolute Gasteiger partial charge is 0.232 e. The van der Waals surface area contributed by atoms with E-state index in [4.69, 9.17) is 0 Å². The van der Waals surface area contributed by atoms with Crippen molar-refractivity contribution in [2.24, 2.45) is 0 Å². The van der Waals surface area contributed by atoms with Crippen LogP contribution in [0.4, 0.5) is 11.4 Å². The van der Waals surface area contributed by atoms with Crippen molar-refractivity contribution in [2.75, 3.05) is 22.4 Å². The number of hydrogen-bond acceptors (Lipinski definition) is 4. The van der Waals surface area contributed by atoms with Gasteiger partial charge in [0.2, 0.25) is 15.9 Å². The third-order valence-electron chi connectivity index (χ3n) is 4.13. The van der Waals surface area contributed by atoms with Gasteiger partial charge in [0.15, 0.2) is 5.78 Å². The Hall–Kier alpha value is -2.67. The number of amides is 1. The van der Waals surface area contributed by atoms with Gasteiger partial charge in [0, 0.05) is 24.2 Å². The molecule has 2 rings (SSSR count). The molecule has 0 saturated carbocycles. The first-order chi connectivity index (χ1) is 12.6. The van der Waals surface area contributed by atoms with Crippen molar-refractivity contribution >= 4 is 33.1 Å². The second-order valence-corrected chi connectivity index (χ2v) is 8.47. The van der Waals surface area contributed by atoms with Crippen molar-refractivity contribution in [1.82, 2.24) is 0 Å². The summed E-state index contributed by atoms with van der Waals surface area (Å²) >= 11 is 0. The molecule has 6 nitrogen and oxygen atoms in total. The number of nitrogens with one attached hydrogen (secondary N) is 1. The maximum Gasteiger partial charge on any atom is 0.232 e. The summed E-state index contributed by atoms with van der Waals surface area (Å²) in [6, 6.07) is 12.2. The van der Waals surface area contributed by atoms with Crippen LogP contribution in [0.3, 0.4) is 0 Å². The van der Waals surface area contributed by atoms with Crippen LogP contribution < -0.4 is 9.62 Å². The van der Waals surface area contributed by atoms with Crippen LogP contribution in [-0.2, 0) is 14.8 Å². The molecule has 0 aliphatic heterocycles. The predicted octanol–water partition coefficient (Wildman–Crippen LogP) is 3.30. The number of benzene rings is 2. The third-order valence-corrected chi connectivity index (χ3v) is 5.31. The zero-order valence-electron chi connectivity index (χ0n) is 15.9. The molecule has 2 aromatic rings. The summed E-state index contributed by atoms with van der Waals surface area (Å²) in [5.41, 5.74) is 3.34. The molecule has 0 bridgehead atoms. The van der Waals surface area contributed by atoms with Gasteiger partial charge in [-0.25, -0.2) is 8.42 Å². The van der Waals surface area contributed by atoms with Crippen molar-refractivity contribution in [2.45, 2.75) is 27.2 Å². The van der Waals surface area contributed by atoms with E-state index in [1.54, 1.807) is 30.3 Å². The fourth-order valence-electron chi connectivity index (χ4n) is 2.70. The van der Waals surface area contributed by atoms with E-state index in [9.17, 15) is 18.0 Å². The minimum Gasteiger partial charge on any atom is -0.326 e. The quantitative estimate of drug-likeness (QED) is 0.738. The molecule has 0 spiro atoms. The lowest BCUT2D eigenvalue weighted by Crippen LogP contribution is -2.33. The highest BCUT2D eigenvalue weighted by Crippen LogP contribution is 2.24. The molecule has 0 aromatic heterocycles. The van der Waals surface area contributed by atoms with Crippen LogP contribution in [0.25, 0.3) is 0 Å². The maximum atomic E-state index is 12.3. The van der Waals surface area contributed by atoms with Crippen LogP contribution in [0, 0.1) is 13.8 Å². The molecule has 7 heteroatoms. The van der Waals surface area contributed by atoms with Gasteiger partial charge in [-0.1, -0.05) is 24.3 Å². The molecule has 0 atom stereocenters. The van der Waals surface area contributed by atoms with Crippen LogP contribution in [0.2, 0.25) is 0 Å². The summed E-state index contributed by atoms with van der Waals surface area (Å²) < 4.78 is 25.7. The molecule has 27 heavy (non-hydrogen) atoms. The minimum atomic E-state index is -3.54. The Morgan fingerprint density at radius 3 is 2.41 bits per heavy atom. The Morgan fingerprint density at radius 2 is 1.78 bits per heavy atom. The largest absolute Gasteiger partial charge is 0.326 e. The van der Waals surface area contributed by atoms with E-state index in [2.05, 4.69) is 5.32 Å². The molecule has 0 aliphatic carbocycles. The Bertz CT molecular complexity index is 968. The van der Waals surface area contributed by atoms with Crippen molar-refractivity contribution in [3.05, 3.63) is 59.2 Å². The van der Waals surface area contributed by atoms with Gasteiger partial charge in [0.25, 0.3) is 0 Å². The average Bonchev–Trinajstić information content (AvgIpc) is 2.57. The summed E-state index contributed by atoms with van der Waals surface area (Å²) in [5, 5.41) is 2.71. The standard InChI is InChI=1S/C20H24N2O4S/c1-14-8-9-15(2)19(12-14)22(27(4,25)26)11-10-20(24)21-18-7-5-6-17(13-18)16(3)23/h5-9,12-13H,10-11H2,1-4H3,(H,21,24). The molecule has 0 saturated heterocycles. The fourth-order valence-corrected chi connectivity index (χ4v) is 3.67. The number of Topliss-reactive ketones (excluding diaryl/α,β-unsaturated/α-hetero) is 1. The summed E-state index contributed by atoms with van der Waals surface area (Å²) in [7, 11) is -3.54. The Kier molecular flexibility index (Phi) is 6.38. The zero-order valence-corrected chi connectivity index (χ0v) is 16.8. The third kappa shape index (κ3) is 5.65. The highest BCUT2D eigenvalue weighted by molar-refractivity contribution is 7.92. The molecular weight excluding hydrogens is 364 g/mol. The van der Waals surface area contributed by atoms with Crippen LogP contribution >= 0.6 is 0 Å². The molecule has 0 aliphatic rings. The molecule has 0 radical (unpaired) electrons. The van der Waals surface area contributed by atoms with Gasteiger partial charge in [-0.05, 0) is 50.1 Å². The van der Waals surface area contributed by atoms with Crippen molar-refractivity contribution in [3.8, 4) is 0 Å². The fraction of sp³-hybridized carbons (Fsp3) is 0.300. The number of sulfonamides is 1. The molecule has 144 valence electrons. The van der Waals surface area contributed by atoms with Gasteiger partial charge in [0.05, 0.1) is 11.9 Å². The van der Waals surface area contributed by atoms with E-state index in [1.807, 2.05) is 26.0 Å². The maximum absolute atomic E-state index is 12.3. The molecule has 0 heterocycles. The highest BCUT2D eigenvalue weighted by Gasteiger charge is 2.20. The molecule has 1 N–H and O–H groups in total. The predicted molar refractivity (Wildman–Crippen MR) is 108 cm³/mol. The van der Waals surface area contributed by atoms with E-state index in [0.29, 0.717) is 16.9 Å². The van der Waals surface area contributed by atoms with Crippen LogP contribution in [0.15, 0.2) is 42.5 Å². The number of anilines is 2. The SMILES string of the molecule is CC(=O)c1cccc(NC(=O)CCN(c2cc(C)ccc2C)S(C)(=O)=O)c1. The molecule has 2 aromatic carbocycles. The van der Waals surface area contributed by atoms with Gasteiger partial charge in [-0.2, -0.15) is 0 Å². The van der Waals surface area contributed by atoms with E-state index < -0.39 is 10.0 Å². The van der Waals surface area contributed by atoms with Crippen molar-refractivity contribution in [1.29, 1.82) is 0 Å². The second kappa shape index (κ2) is 8.35. The number of aryl methyl sites for hydroxylation is 2. The van der Waals surface area contributed by atoms with Crippen LogP contribution in [0.5, 0.6) is 0 Å². The first-order valence-corrected chi connectivity index (χ1v) is 10.4. The van der Waals surface area contributed by atoms with E-state index >= 15 is 0 Å². The summed E-state index contributed by atoms with van der Waals surface area (Å²) in [6.07, 6.45) is 1.12. The van der Waals surface area contributed by atoms with E-state index in [1.165, 1.54) is 11.2 Å². The zero-order chi connectivity index (χ0) is 20.2. The van der Waals surface area contributed by atoms with Gasteiger partial charge < -0.3 is 5.32 Å². The van der Waals surface area contributed by atoms with Gasteiger partial charge >= 0.3 is 0 Å². The van der Waals surface area contributed by atoms with Gasteiger partial charge in [0.1, 0.15) is 0 Å². The monoisotopic (exact) mass is 388 g/mol. The minimum absolute atomic E-state index is 0.00918. The number of nitrogens with zero attached hydrogens (tertiary/aromatic N) is 1. The average molecular weight is 388 g/mol. The van der Waals surface area contributed by atoms with Gasteiger partial charge in [-0.3, -0.25) is 13.9 Å². The van der Waals surface area contributed by atoms with Crippen molar-refractivity contribution < 1.29 is 18.0 Å². The summed E-state index contributed by atoms with van der Waals surface area (Å²) in [5.74, 6) is -0.418. The van der Waals surface area contributed by atoms with Gasteiger partial charge in [-0.15, -0.1) is 0 Å². The Morgan fingerprint density at radius 1 is 1.07 bits per heavy atom. The number of hydrogen-bond donors (Lipinski definition) is 1. The number of carbonyl (C=O) groups is 2. The number of carbonyl (C=O) groups excluding carboxylic acids is 2. The van der Waals surface area contributed by atoms with E-state index in [0.717, 1.165) is 17.4 Å². The molecule has 0 unspecified atom stereocenters. The summed E-state index contributed by atoms with van der Waals surface area (Å²) in [4.78, 5) is 23.7. The second-order valence-electron chi connectivity index (χ2n) is 6.56. The first kappa shape index (κ1) is 20.6. The molecular formula is C20H24N2O4S. The lowest BCUT2D eigenvalue weighted by atomic mass is 10.1. The number of rotatable bonds is 7. The summed E-state index contributed by atoms with van der Waals surface area (Å²) in [6.45, 7) is 5.20. The lowest BCUT2D eigenvalue weighted by Gasteiger charge is -2.24. The van der Waals surface area contributed by atoms with Crippen molar-refractivity contribution in [3.63, 3.8) is 0 Å². The molecule has 1 amide bonds. The van der Waals surface area contributed by atoms with Crippen LogP contribution in [0.1, 0.15) is 34.8 Å². The Balaban J connectivity index is 2.13. The van der Waals surface area contributed by atoms with E-state index in [-0.39, 0.29) is 24.7 Å². The number of ketones is 1. The highest BCUT2D eigenvalue weighted by atomic mass is 32.2. The normalized spacial score (nSPS) is 11.1. The Labute approximate surface area is 160 Å². The first-order valence-electron chi connectivity index (χ1n) is 8.54. The lowest BCUT2D eigenvalue weighted by molar-refractivity contribution is -0.116. The topological polar surface area (TPSA) is 83.6 Å². The van der Waals surface area contributed by atoms with Crippen LogP contribution in [-0.4, -0.2) is 32.9 Å².